The lowest BCUT2D eigenvalue weighted by Gasteiger charge is -2.36. The number of aryl methyl sites for hydroxylation is 1. The van der Waals surface area contributed by atoms with Crippen LogP contribution in [0.25, 0.3) is 22.5 Å². The number of ether oxygens (including phenoxy) is 3. The minimum Gasteiger partial charge on any atom is -0.461 e. The first-order valence-corrected chi connectivity index (χ1v) is 26.9. The molecular formula is C62H60N8O7S. The summed E-state index contributed by atoms with van der Waals surface area (Å²) in [7, 11) is 1.42. The van der Waals surface area contributed by atoms with Gasteiger partial charge in [0.25, 0.3) is 5.69 Å². The number of carbonyl (C=O) groups excluding carboxylic acids is 2. The topological polar surface area (TPSA) is 170 Å². The molecule has 396 valence electrons. The van der Waals surface area contributed by atoms with Crippen molar-refractivity contribution in [1.29, 1.82) is 0 Å². The molecule has 0 bridgehead atoms. The number of tetrazole rings is 1. The van der Waals surface area contributed by atoms with E-state index < -0.39 is 28.1 Å². The Morgan fingerprint density at radius 2 is 1.28 bits per heavy atom. The molecule has 15 nitrogen and oxygen atoms in total. The van der Waals surface area contributed by atoms with Crippen LogP contribution >= 0.6 is 11.8 Å². The van der Waals surface area contributed by atoms with E-state index in [1.807, 2.05) is 100 Å². The second-order valence-corrected chi connectivity index (χ2v) is 20.5. The Morgan fingerprint density at radius 3 is 1.86 bits per heavy atom. The van der Waals surface area contributed by atoms with E-state index in [-0.39, 0.29) is 18.0 Å². The van der Waals surface area contributed by atoms with Crippen molar-refractivity contribution in [2.24, 2.45) is 0 Å². The Hall–Kier alpha value is -8.89. The third-order valence-corrected chi connectivity index (χ3v) is 14.1. The predicted molar refractivity (Wildman–Crippen MR) is 304 cm³/mol. The minimum absolute atomic E-state index is 0.0353. The lowest BCUT2D eigenvalue weighted by molar-refractivity contribution is -0.384. The highest BCUT2D eigenvalue weighted by atomic mass is 32.2. The molecule has 0 aliphatic rings. The molecule has 78 heavy (non-hydrogen) atoms. The van der Waals surface area contributed by atoms with Crippen molar-refractivity contribution in [3.8, 4) is 34.0 Å². The number of aromatic nitrogens is 6. The second kappa shape index (κ2) is 24.0. The number of benzene rings is 7. The lowest BCUT2D eigenvalue weighted by Crippen LogP contribution is -2.39. The van der Waals surface area contributed by atoms with Crippen LogP contribution in [0.4, 0.5) is 16.2 Å². The molecule has 1 amide bonds. The molecule has 9 aromatic rings. The van der Waals surface area contributed by atoms with Gasteiger partial charge in [-0.3, -0.25) is 15.0 Å². The first kappa shape index (κ1) is 53.9. The van der Waals surface area contributed by atoms with E-state index in [0.717, 1.165) is 61.7 Å². The van der Waals surface area contributed by atoms with Crippen LogP contribution in [0.15, 0.2) is 182 Å². The van der Waals surface area contributed by atoms with Gasteiger partial charge in [-0.15, -0.1) is 5.10 Å². The van der Waals surface area contributed by atoms with Gasteiger partial charge in [0.2, 0.25) is 0 Å². The van der Waals surface area contributed by atoms with Crippen LogP contribution < -0.4 is 9.64 Å². The summed E-state index contributed by atoms with van der Waals surface area (Å²) in [5.41, 5.74) is 6.96. The van der Waals surface area contributed by atoms with Crippen molar-refractivity contribution in [2.45, 2.75) is 76.7 Å². The van der Waals surface area contributed by atoms with Crippen LogP contribution in [0.2, 0.25) is 0 Å². The third-order valence-electron chi connectivity index (χ3n) is 13.0. The molecule has 9 rings (SSSR count). The number of anilines is 1. The van der Waals surface area contributed by atoms with Gasteiger partial charge in [0.15, 0.2) is 11.5 Å². The maximum absolute atomic E-state index is 13.9. The number of nitrogens with zero attached hydrogens (tertiary/aromatic N) is 8. The summed E-state index contributed by atoms with van der Waals surface area (Å²) in [5.74, 6) is 2.88. The molecule has 2 aromatic heterocycles. The van der Waals surface area contributed by atoms with Crippen LogP contribution in [0.1, 0.15) is 90.9 Å². The summed E-state index contributed by atoms with van der Waals surface area (Å²) in [6, 6.07) is 59.3. The number of rotatable bonds is 20. The van der Waals surface area contributed by atoms with Gasteiger partial charge in [0.05, 0.1) is 17.2 Å². The van der Waals surface area contributed by atoms with Crippen LogP contribution in [-0.2, 0) is 39.5 Å². The Labute approximate surface area is 458 Å². The predicted octanol–water partition coefficient (Wildman–Crippen LogP) is 13.7. The Balaban J connectivity index is 0.948. The normalized spacial score (nSPS) is 11.5. The Morgan fingerprint density at radius 1 is 0.705 bits per heavy atom. The fourth-order valence-corrected chi connectivity index (χ4v) is 10.5. The van der Waals surface area contributed by atoms with Crippen molar-refractivity contribution in [3.63, 3.8) is 0 Å². The summed E-state index contributed by atoms with van der Waals surface area (Å²) in [6.07, 6.45) is 0.767. The SMILES string of the molecule is CCCc1nc(CSCc2ccc(Oc3ccc([N+](=O)[O-])c(N(C)C(=O)OC(C)(C)C)c3)cc2)c(C(=O)OCC)n1Cc1ccc(-c2ccccc2-c2nnnn2C(c2ccccc2)(c2ccccc2)c2ccccc2)cc1. The van der Waals surface area contributed by atoms with Crippen LogP contribution in [-0.4, -0.2) is 66.0 Å². The van der Waals surface area contributed by atoms with Gasteiger partial charge >= 0.3 is 12.1 Å². The molecule has 2 heterocycles. The maximum atomic E-state index is 13.9. The first-order valence-electron chi connectivity index (χ1n) is 25.8. The van der Waals surface area contributed by atoms with Crippen molar-refractivity contribution >= 4 is 35.2 Å². The molecule has 0 fully saturated rings. The van der Waals surface area contributed by atoms with Gasteiger partial charge in [-0.2, -0.15) is 11.8 Å². The number of hydrogen-bond donors (Lipinski definition) is 0. The summed E-state index contributed by atoms with van der Waals surface area (Å²) in [5, 5.41) is 25.8. The van der Waals surface area contributed by atoms with Gasteiger partial charge in [-0.1, -0.05) is 159 Å². The molecule has 0 N–H and O–H groups in total. The first-order chi connectivity index (χ1) is 37.8. The molecular weight excluding hydrogens is 1000 g/mol. The van der Waals surface area contributed by atoms with Crippen LogP contribution in [0.3, 0.4) is 0 Å². The number of thioether (sulfide) groups is 1. The zero-order valence-electron chi connectivity index (χ0n) is 44.4. The Kier molecular flexibility index (Phi) is 16.6. The zero-order valence-corrected chi connectivity index (χ0v) is 45.2. The summed E-state index contributed by atoms with van der Waals surface area (Å²) >= 11 is 1.63. The van der Waals surface area contributed by atoms with Crippen LogP contribution in [0.5, 0.6) is 11.5 Å². The van der Waals surface area contributed by atoms with Gasteiger partial charge in [0.1, 0.15) is 34.2 Å². The largest absolute Gasteiger partial charge is 0.461 e. The van der Waals surface area contributed by atoms with E-state index in [4.69, 9.17) is 29.5 Å². The van der Waals surface area contributed by atoms with Crippen LogP contribution in [0, 0.1) is 10.1 Å². The van der Waals surface area contributed by atoms with Crippen molar-refractivity contribution in [3.05, 3.63) is 237 Å². The Bertz CT molecular complexity index is 3410. The van der Waals surface area contributed by atoms with E-state index in [2.05, 4.69) is 84.9 Å². The molecule has 0 saturated carbocycles. The highest BCUT2D eigenvalue weighted by Gasteiger charge is 2.42. The molecule has 0 unspecified atom stereocenters. The van der Waals surface area contributed by atoms with Crippen molar-refractivity contribution < 1.29 is 28.7 Å². The molecule has 0 saturated heterocycles. The number of imidazole rings is 1. The van der Waals surface area contributed by atoms with Gasteiger partial charge in [-0.25, -0.2) is 19.3 Å². The fourth-order valence-electron chi connectivity index (χ4n) is 9.53. The van der Waals surface area contributed by atoms with E-state index in [1.54, 1.807) is 39.5 Å². The summed E-state index contributed by atoms with van der Waals surface area (Å²) in [4.78, 5) is 44.2. The second-order valence-electron chi connectivity index (χ2n) is 19.5. The minimum atomic E-state index is -0.923. The molecule has 0 aliphatic heterocycles. The standard InChI is InChI=1S/C62H60N8O7S/c1-7-20-56-63-53(42-78-41-44-31-35-49(36-32-44)76-50-37-38-54(70(73)74)55(39-50)67(6)60(72)77-61(3,4)5)57(59(71)75-8-2)68(56)40-43-29-33-45(34-30-43)51-27-18-19-28-52(51)58-64-65-66-69(58)62(46-21-12-9-13-22-46,47-23-14-10-15-24-47)48-25-16-11-17-26-48/h9-19,21-39H,7-8,20,40-42H2,1-6H3. The molecule has 0 spiro atoms. The van der Waals surface area contributed by atoms with Gasteiger partial charge in [0, 0.05) is 49.2 Å². The van der Waals surface area contributed by atoms with Gasteiger partial charge in [-0.05, 0) is 102 Å². The van der Waals surface area contributed by atoms with Crippen molar-refractivity contribution in [2.75, 3.05) is 18.6 Å². The molecule has 7 aromatic carbocycles. The smallest absolute Gasteiger partial charge is 0.414 e. The lowest BCUT2D eigenvalue weighted by atomic mass is 9.77. The number of esters is 1. The monoisotopic (exact) mass is 1060 g/mol. The highest BCUT2D eigenvalue weighted by Crippen LogP contribution is 2.44. The number of hydrogen-bond acceptors (Lipinski definition) is 12. The van der Waals surface area contributed by atoms with E-state index >= 15 is 0 Å². The third kappa shape index (κ3) is 11.7. The maximum Gasteiger partial charge on any atom is 0.414 e. The number of amides is 1. The number of carbonyl (C=O) groups is 2. The number of nitro benzene ring substituents is 1. The van der Waals surface area contributed by atoms with E-state index in [9.17, 15) is 19.7 Å². The quantitative estimate of drug-likeness (QED) is 0.0307. The zero-order chi connectivity index (χ0) is 54.8. The fraction of sp³-hybridized carbons (Fsp3) is 0.226. The van der Waals surface area contributed by atoms with Gasteiger partial charge < -0.3 is 18.8 Å². The molecule has 16 heteroatoms. The molecule has 0 atom stereocenters. The van der Waals surface area contributed by atoms with E-state index in [0.29, 0.717) is 53.2 Å². The average Bonchev–Trinajstić information content (AvgIpc) is 4.24. The highest BCUT2D eigenvalue weighted by molar-refractivity contribution is 7.97. The molecule has 0 aliphatic carbocycles. The molecule has 0 radical (unpaired) electrons. The summed E-state index contributed by atoms with van der Waals surface area (Å²) in [6.45, 7) is 9.69. The van der Waals surface area contributed by atoms with Crippen molar-refractivity contribution in [1.82, 2.24) is 29.8 Å². The summed E-state index contributed by atoms with van der Waals surface area (Å²) < 4.78 is 21.2. The number of nitro groups is 1. The van der Waals surface area contributed by atoms with E-state index in [1.165, 1.54) is 25.2 Å². The average molecular weight is 1060 g/mol.